The zero-order chi connectivity index (χ0) is 14.7. The molecule has 3 rings (SSSR count). The van der Waals surface area contributed by atoms with Crippen LogP contribution in [0.1, 0.15) is 6.42 Å². The maximum atomic E-state index is 12.2. The van der Waals surface area contributed by atoms with E-state index >= 15 is 0 Å². The predicted octanol–water partition coefficient (Wildman–Crippen LogP) is 0.579. The molecule has 114 valence electrons. The molecule has 2 heterocycles. The first-order valence-corrected chi connectivity index (χ1v) is 7.28. The number of anilines is 2. The van der Waals surface area contributed by atoms with E-state index < -0.39 is 5.54 Å². The topological polar surface area (TPSA) is 76.8 Å². The molecule has 0 radical (unpaired) electrons. The fraction of sp³-hybridized carbons (Fsp3) is 0.533. The summed E-state index contributed by atoms with van der Waals surface area (Å²) in [6, 6.07) is 7.83. The number of nitrogens with one attached hydrogen (secondary N) is 1. The molecule has 1 amide bonds. The van der Waals surface area contributed by atoms with Crippen molar-refractivity contribution in [3.05, 3.63) is 24.3 Å². The third-order valence-electron chi connectivity index (χ3n) is 4.01. The van der Waals surface area contributed by atoms with E-state index in [1.165, 1.54) is 0 Å². The van der Waals surface area contributed by atoms with Crippen LogP contribution in [0.15, 0.2) is 24.3 Å². The van der Waals surface area contributed by atoms with Crippen LogP contribution in [0.5, 0.6) is 0 Å². The molecule has 1 aromatic carbocycles. The first-order valence-electron chi connectivity index (χ1n) is 7.28. The van der Waals surface area contributed by atoms with E-state index in [4.69, 9.17) is 15.2 Å². The number of carbonyl (C=O) groups excluding carboxylic acids is 1. The third-order valence-corrected chi connectivity index (χ3v) is 4.01. The van der Waals surface area contributed by atoms with E-state index in [9.17, 15) is 4.79 Å². The Morgan fingerprint density at radius 1 is 1.14 bits per heavy atom. The number of nitrogens with zero attached hydrogens (tertiary/aromatic N) is 1. The molecule has 1 aromatic rings. The van der Waals surface area contributed by atoms with Gasteiger partial charge >= 0.3 is 0 Å². The molecule has 0 spiro atoms. The summed E-state index contributed by atoms with van der Waals surface area (Å²) in [5.41, 5.74) is 7.04. The van der Waals surface area contributed by atoms with Crippen molar-refractivity contribution in [1.82, 2.24) is 0 Å². The highest BCUT2D eigenvalue weighted by Crippen LogP contribution is 2.21. The lowest BCUT2D eigenvalue weighted by molar-refractivity contribution is -0.121. The Morgan fingerprint density at radius 2 is 1.86 bits per heavy atom. The second-order valence-electron chi connectivity index (χ2n) is 5.56. The van der Waals surface area contributed by atoms with Crippen molar-refractivity contribution >= 4 is 17.3 Å². The van der Waals surface area contributed by atoms with E-state index in [0.29, 0.717) is 13.0 Å². The molecule has 0 aliphatic carbocycles. The molecule has 6 nitrogen and oxygen atoms in total. The summed E-state index contributed by atoms with van der Waals surface area (Å²) in [7, 11) is 0. The fourth-order valence-corrected chi connectivity index (χ4v) is 2.59. The second kappa shape index (κ2) is 6.01. The second-order valence-corrected chi connectivity index (χ2v) is 5.56. The highest BCUT2D eigenvalue weighted by molar-refractivity contribution is 5.98. The van der Waals surface area contributed by atoms with E-state index in [2.05, 4.69) is 10.2 Å². The lowest BCUT2D eigenvalue weighted by atomic mass is 9.99. The van der Waals surface area contributed by atoms with Gasteiger partial charge in [0.15, 0.2) is 0 Å². The normalized spacial score (nSPS) is 25.9. The summed E-state index contributed by atoms with van der Waals surface area (Å²) in [4.78, 5) is 14.4. The Hall–Kier alpha value is -1.63. The van der Waals surface area contributed by atoms with Crippen molar-refractivity contribution in [2.45, 2.75) is 12.0 Å². The highest BCUT2D eigenvalue weighted by Gasteiger charge is 2.38. The minimum absolute atomic E-state index is 0.181. The van der Waals surface area contributed by atoms with Gasteiger partial charge in [-0.1, -0.05) is 0 Å². The van der Waals surface area contributed by atoms with Crippen molar-refractivity contribution in [3.63, 3.8) is 0 Å². The van der Waals surface area contributed by atoms with Crippen molar-refractivity contribution in [3.8, 4) is 0 Å². The molecule has 2 aliphatic heterocycles. The molecule has 1 unspecified atom stereocenters. The van der Waals surface area contributed by atoms with Gasteiger partial charge in [0.2, 0.25) is 5.91 Å². The zero-order valence-electron chi connectivity index (χ0n) is 12.0. The number of benzene rings is 1. The zero-order valence-corrected chi connectivity index (χ0v) is 12.0. The maximum absolute atomic E-state index is 12.2. The summed E-state index contributed by atoms with van der Waals surface area (Å²) in [5.74, 6) is -0.181. The van der Waals surface area contributed by atoms with Gasteiger partial charge < -0.3 is 25.4 Å². The average Bonchev–Trinajstić information content (AvgIpc) is 2.97. The molecule has 0 saturated carbocycles. The molecule has 2 saturated heterocycles. The monoisotopic (exact) mass is 291 g/mol. The Kier molecular flexibility index (Phi) is 4.10. The van der Waals surface area contributed by atoms with Crippen molar-refractivity contribution in [2.24, 2.45) is 5.73 Å². The number of hydrogen-bond acceptors (Lipinski definition) is 5. The Bertz CT molecular complexity index is 491. The van der Waals surface area contributed by atoms with Gasteiger partial charge in [0.25, 0.3) is 0 Å². The smallest absolute Gasteiger partial charge is 0.246 e. The standard InChI is InChI=1S/C15H21N3O3/c16-15(5-8-21-11-15)14(19)17-12-1-3-13(4-2-12)18-6-9-20-10-7-18/h1-4H,5-11,16H2,(H,17,19). The molecular weight excluding hydrogens is 270 g/mol. The van der Waals surface area contributed by atoms with Gasteiger partial charge in [0.1, 0.15) is 5.54 Å². The predicted molar refractivity (Wildman–Crippen MR) is 80.5 cm³/mol. The molecule has 3 N–H and O–H groups in total. The highest BCUT2D eigenvalue weighted by atomic mass is 16.5. The maximum Gasteiger partial charge on any atom is 0.246 e. The number of hydrogen-bond donors (Lipinski definition) is 2. The van der Waals surface area contributed by atoms with E-state index in [1.54, 1.807) is 0 Å². The summed E-state index contributed by atoms with van der Waals surface area (Å²) < 4.78 is 10.6. The van der Waals surface area contributed by atoms with Gasteiger partial charge in [-0.3, -0.25) is 4.79 Å². The summed E-state index contributed by atoms with van der Waals surface area (Å²) in [5, 5.41) is 2.87. The minimum Gasteiger partial charge on any atom is -0.379 e. The Morgan fingerprint density at radius 3 is 2.48 bits per heavy atom. The van der Waals surface area contributed by atoms with Crippen LogP contribution >= 0.6 is 0 Å². The summed E-state index contributed by atoms with van der Waals surface area (Å²) in [6.45, 7) is 4.14. The molecular formula is C15H21N3O3. The van der Waals surface area contributed by atoms with Crippen LogP contribution in [-0.4, -0.2) is 51.0 Å². The van der Waals surface area contributed by atoms with Gasteiger partial charge in [0, 0.05) is 31.1 Å². The lowest BCUT2D eigenvalue weighted by Gasteiger charge is -2.29. The number of carbonyl (C=O) groups is 1. The molecule has 6 heteroatoms. The van der Waals surface area contributed by atoms with Crippen LogP contribution in [0, 0.1) is 0 Å². The number of amides is 1. The molecule has 2 aliphatic rings. The van der Waals surface area contributed by atoms with Crippen LogP contribution in [0.25, 0.3) is 0 Å². The third kappa shape index (κ3) is 3.18. The Labute approximate surface area is 124 Å². The van der Waals surface area contributed by atoms with Gasteiger partial charge in [-0.15, -0.1) is 0 Å². The SMILES string of the molecule is NC1(C(=O)Nc2ccc(N3CCOCC3)cc2)CCOC1. The van der Waals surface area contributed by atoms with Gasteiger partial charge in [0.05, 0.1) is 19.8 Å². The first-order chi connectivity index (χ1) is 10.2. The first kappa shape index (κ1) is 14.3. The molecule has 2 fully saturated rings. The summed E-state index contributed by atoms with van der Waals surface area (Å²) in [6.07, 6.45) is 0.560. The van der Waals surface area contributed by atoms with Crippen molar-refractivity contribution in [2.75, 3.05) is 49.7 Å². The van der Waals surface area contributed by atoms with Gasteiger partial charge in [-0.25, -0.2) is 0 Å². The number of rotatable bonds is 3. The Balaban J connectivity index is 1.62. The van der Waals surface area contributed by atoms with E-state index in [-0.39, 0.29) is 12.5 Å². The largest absolute Gasteiger partial charge is 0.379 e. The van der Waals surface area contributed by atoms with Crippen LogP contribution < -0.4 is 16.0 Å². The van der Waals surface area contributed by atoms with E-state index in [0.717, 1.165) is 37.7 Å². The minimum atomic E-state index is -0.900. The van der Waals surface area contributed by atoms with Gasteiger partial charge in [-0.2, -0.15) is 0 Å². The van der Waals surface area contributed by atoms with E-state index in [1.807, 2.05) is 24.3 Å². The molecule has 0 aromatic heterocycles. The van der Waals surface area contributed by atoms with Crippen LogP contribution in [-0.2, 0) is 14.3 Å². The number of ether oxygens (including phenoxy) is 2. The van der Waals surface area contributed by atoms with Gasteiger partial charge in [-0.05, 0) is 30.7 Å². The lowest BCUT2D eigenvalue weighted by Crippen LogP contribution is -2.51. The van der Waals surface area contributed by atoms with Crippen LogP contribution in [0.4, 0.5) is 11.4 Å². The number of nitrogens with two attached hydrogens (primary N) is 1. The number of morpholine rings is 1. The average molecular weight is 291 g/mol. The molecule has 21 heavy (non-hydrogen) atoms. The quantitative estimate of drug-likeness (QED) is 0.852. The van der Waals surface area contributed by atoms with Crippen molar-refractivity contribution in [1.29, 1.82) is 0 Å². The van der Waals surface area contributed by atoms with Crippen molar-refractivity contribution < 1.29 is 14.3 Å². The molecule has 1 atom stereocenters. The van der Waals surface area contributed by atoms with Crippen LogP contribution in [0.2, 0.25) is 0 Å². The van der Waals surface area contributed by atoms with Crippen LogP contribution in [0.3, 0.4) is 0 Å². The summed E-state index contributed by atoms with van der Waals surface area (Å²) >= 11 is 0. The fourth-order valence-electron chi connectivity index (χ4n) is 2.59. The molecule has 0 bridgehead atoms.